The molecule has 1 atom stereocenters. The molecule has 0 saturated carbocycles. The zero-order valence-corrected chi connectivity index (χ0v) is 13.3. The molecule has 2 rings (SSSR count). The summed E-state index contributed by atoms with van der Waals surface area (Å²) in [5.41, 5.74) is 2.22. The SMILES string of the molecule is CCCC(NCC)c1ccn(Cc2ccc(F)cc2Cl)c1. The Morgan fingerprint density at radius 3 is 2.76 bits per heavy atom. The molecule has 114 valence electrons. The van der Waals surface area contributed by atoms with Gasteiger partial charge in [0.25, 0.3) is 0 Å². The first-order valence-corrected chi connectivity index (χ1v) is 7.84. The average Bonchev–Trinajstić information content (AvgIpc) is 2.90. The minimum atomic E-state index is -0.299. The summed E-state index contributed by atoms with van der Waals surface area (Å²) < 4.78 is 15.2. The summed E-state index contributed by atoms with van der Waals surface area (Å²) in [7, 11) is 0. The van der Waals surface area contributed by atoms with E-state index in [-0.39, 0.29) is 5.82 Å². The predicted molar refractivity (Wildman–Crippen MR) is 86.3 cm³/mol. The Balaban J connectivity index is 2.11. The van der Waals surface area contributed by atoms with Crippen LogP contribution in [0.1, 0.15) is 43.9 Å². The highest BCUT2D eigenvalue weighted by Gasteiger charge is 2.11. The van der Waals surface area contributed by atoms with E-state index in [4.69, 9.17) is 11.6 Å². The summed E-state index contributed by atoms with van der Waals surface area (Å²) in [5, 5.41) is 3.98. The van der Waals surface area contributed by atoms with Crippen LogP contribution in [0, 0.1) is 5.82 Å². The molecular formula is C17H22ClFN2. The van der Waals surface area contributed by atoms with Gasteiger partial charge in [0.05, 0.1) is 0 Å². The lowest BCUT2D eigenvalue weighted by atomic mass is 10.1. The topological polar surface area (TPSA) is 17.0 Å². The fraction of sp³-hybridized carbons (Fsp3) is 0.412. The average molecular weight is 309 g/mol. The Labute approximate surface area is 130 Å². The normalized spacial score (nSPS) is 12.6. The van der Waals surface area contributed by atoms with Crippen molar-refractivity contribution >= 4 is 11.6 Å². The maximum absolute atomic E-state index is 13.1. The molecule has 1 aromatic heterocycles. The first-order chi connectivity index (χ1) is 10.1. The van der Waals surface area contributed by atoms with E-state index in [1.165, 1.54) is 17.7 Å². The second kappa shape index (κ2) is 7.62. The summed E-state index contributed by atoms with van der Waals surface area (Å²) in [6.45, 7) is 5.93. The highest BCUT2D eigenvalue weighted by Crippen LogP contribution is 2.22. The van der Waals surface area contributed by atoms with Crippen LogP contribution >= 0.6 is 11.6 Å². The standard InChI is InChI=1S/C17H22ClFN2/c1-3-5-17(20-4-2)14-8-9-21(12-14)11-13-6-7-15(19)10-16(13)18/h6-10,12,17,20H,3-5,11H2,1-2H3. The monoisotopic (exact) mass is 308 g/mol. The molecule has 0 saturated heterocycles. The first kappa shape index (κ1) is 16.1. The highest BCUT2D eigenvalue weighted by atomic mass is 35.5. The van der Waals surface area contributed by atoms with Gasteiger partial charge in [-0.2, -0.15) is 0 Å². The Kier molecular flexibility index (Phi) is 5.83. The molecule has 21 heavy (non-hydrogen) atoms. The van der Waals surface area contributed by atoms with Crippen molar-refractivity contribution in [3.63, 3.8) is 0 Å². The van der Waals surface area contributed by atoms with E-state index < -0.39 is 0 Å². The van der Waals surface area contributed by atoms with Crippen molar-refractivity contribution in [3.8, 4) is 0 Å². The van der Waals surface area contributed by atoms with Crippen molar-refractivity contribution in [2.45, 2.75) is 39.3 Å². The van der Waals surface area contributed by atoms with Crippen LogP contribution in [-0.2, 0) is 6.54 Å². The van der Waals surface area contributed by atoms with Crippen LogP contribution in [0.15, 0.2) is 36.7 Å². The number of rotatable bonds is 7. The highest BCUT2D eigenvalue weighted by molar-refractivity contribution is 6.31. The van der Waals surface area contributed by atoms with Crippen LogP contribution in [0.4, 0.5) is 4.39 Å². The molecule has 1 aromatic carbocycles. The van der Waals surface area contributed by atoms with E-state index in [0.717, 1.165) is 24.9 Å². The van der Waals surface area contributed by atoms with Gasteiger partial charge in [-0.25, -0.2) is 4.39 Å². The molecule has 0 aliphatic rings. The fourth-order valence-corrected chi connectivity index (χ4v) is 2.76. The van der Waals surface area contributed by atoms with Gasteiger partial charge >= 0.3 is 0 Å². The van der Waals surface area contributed by atoms with E-state index in [1.807, 2.05) is 0 Å². The van der Waals surface area contributed by atoms with Crippen molar-refractivity contribution in [2.75, 3.05) is 6.54 Å². The van der Waals surface area contributed by atoms with Crippen LogP contribution in [0.25, 0.3) is 0 Å². The molecule has 4 heteroatoms. The number of hydrogen-bond donors (Lipinski definition) is 1. The molecular weight excluding hydrogens is 287 g/mol. The van der Waals surface area contributed by atoms with Crippen molar-refractivity contribution < 1.29 is 4.39 Å². The van der Waals surface area contributed by atoms with Gasteiger partial charge in [-0.3, -0.25) is 0 Å². The fourth-order valence-electron chi connectivity index (χ4n) is 2.53. The van der Waals surface area contributed by atoms with E-state index in [1.54, 1.807) is 6.07 Å². The Morgan fingerprint density at radius 1 is 1.29 bits per heavy atom. The Hall–Kier alpha value is -1.32. The van der Waals surface area contributed by atoms with E-state index in [2.05, 4.69) is 42.2 Å². The Morgan fingerprint density at radius 2 is 2.10 bits per heavy atom. The maximum atomic E-state index is 13.1. The van der Waals surface area contributed by atoms with E-state index in [0.29, 0.717) is 17.6 Å². The van der Waals surface area contributed by atoms with Crippen molar-refractivity contribution in [1.29, 1.82) is 0 Å². The number of hydrogen-bond acceptors (Lipinski definition) is 1. The minimum Gasteiger partial charge on any atom is -0.350 e. The van der Waals surface area contributed by atoms with Crippen LogP contribution in [0.2, 0.25) is 5.02 Å². The molecule has 0 fully saturated rings. The molecule has 1 N–H and O–H groups in total. The summed E-state index contributed by atoms with van der Waals surface area (Å²) in [4.78, 5) is 0. The number of nitrogens with zero attached hydrogens (tertiary/aromatic N) is 1. The quantitative estimate of drug-likeness (QED) is 0.779. The molecule has 0 spiro atoms. The van der Waals surface area contributed by atoms with Crippen molar-refractivity contribution in [3.05, 3.63) is 58.6 Å². The zero-order chi connectivity index (χ0) is 15.2. The summed E-state index contributed by atoms with van der Waals surface area (Å²) >= 11 is 6.08. The number of halogens is 2. The van der Waals surface area contributed by atoms with Crippen LogP contribution < -0.4 is 5.32 Å². The van der Waals surface area contributed by atoms with Gasteiger partial charge in [-0.1, -0.05) is 37.9 Å². The minimum absolute atomic E-state index is 0.299. The second-order valence-electron chi connectivity index (χ2n) is 5.25. The van der Waals surface area contributed by atoms with Gasteiger partial charge in [0, 0.05) is 30.0 Å². The van der Waals surface area contributed by atoms with Gasteiger partial charge in [0.1, 0.15) is 5.82 Å². The molecule has 1 unspecified atom stereocenters. The predicted octanol–water partition coefficient (Wildman–Crippen LogP) is 4.78. The molecule has 2 aromatic rings. The lowest BCUT2D eigenvalue weighted by Crippen LogP contribution is -2.20. The van der Waals surface area contributed by atoms with Crippen molar-refractivity contribution in [2.24, 2.45) is 0 Å². The lowest BCUT2D eigenvalue weighted by Gasteiger charge is -2.15. The Bertz CT molecular complexity index is 574. The number of aromatic nitrogens is 1. The molecule has 0 amide bonds. The number of nitrogens with one attached hydrogen (secondary N) is 1. The maximum Gasteiger partial charge on any atom is 0.124 e. The van der Waals surface area contributed by atoms with Gasteiger partial charge in [-0.15, -0.1) is 0 Å². The molecule has 0 radical (unpaired) electrons. The zero-order valence-electron chi connectivity index (χ0n) is 12.6. The third-order valence-corrected chi connectivity index (χ3v) is 3.92. The smallest absolute Gasteiger partial charge is 0.124 e. The van der Waals surface area contributed by atoms with Crippen LogP contribution in [0.5, 0.6) is 0 Å². The molecule has 0 bridgehead atoms. The first-order valence-electron chi connectivity index (χ1n) is 7.47. The van der Waals surface area contributed by atoms with Gasteiger partial charge in [-0.05, 0) is 42.3 Å². The summed E-state index contributed by atoms with van der Waals surface area (Å²) in [6.07, 6.45) is 6.46. The molecule has 1 heterocycles. The molecule has 2 nitrogen and oxygen atoms in total. The molecule has 0 aliphatic carbocycles. The van der Waals surface area contributed by atoms with Gasteiger partial charge in [0.15, 0.2) is 0 Å². The van der Waals surface area contributed by atoms with Gasteiger partial charge in [0.2, 0.25) is 0 Å². The third-order valence-electron chi connectivity index (χ3n) is 3.57. The van der Waals surface area contributed by atoms with Crippen LogP contribution in [-0.4, -0.2) is 11.1 Å². The second-order valence-corrected chi connectivity index (χ2v) is 5.66. The van der Waals surface area contributed by atoms with Crippen LogP contribution in [0.3, 0.4) is 0 Å². The third kappa shape index (κ3) is 4.32. The molecule has 0 aliphatic heterocycles. The summed E-state index contributed by atoms with van der Waals surface area (Å²) in [5.74, 6) is -0.299. The van der Waals surface area contributed by atoms with E-state index in [9.17, 15) is 4.39 Å². The van der Waals surface area contributed by atoms with Gasteiger partial charge < -0.3 is 9.88 Å². The summed E-state index contributed by atoms with van der Waals surface area (Å²) in [6, 6.07) is 7.08. The van der Waals surface area contributed by atoms with Crippen molar-refractivity contribution in [1.82, 2.24) is 9.88 Å². The van der Waals surface area contributed by atoms with E-state index >= 15 is 0 Å². The largest absolute Gasteiger partial charge is 0.350 e. The lowest BCUT2D eigenvalue weighted by molar-refractivity contribution is 0.508. The number of benzene rings is 1.